The Bertz CT molecular complexity index is 1870. The third-order valence-electron chi connectivity index (χ3n) is 13.5. The molecule has 0 bridgehead atoms. The molecule has 0 saturated carbocycles. The quantitative estimate of drug-likeness (QED) is 0.0228. The molecule has 6 unspecified atom stereocenters. The number of aliphatic hydroxyl groups is 2. The predicted molar refractivity (Wildman–Crippen MR) is 330 cm³/mol. The van der Waals surface area contributed by atoms with Crippen molar-refractivity contribution in [3.05, 3.63) is 122 Å². The van der Waals surface area contributed by atoms with Crippen molar-refractivity contribution in [2.75, 3.05) is 13.2 Å². The minimum Gasteiger partial charge on any atom is -0.479 e. The van der Waals surface area contributed by atoms with Gasteiger partial charge in [-0.25, -0.2) is 4.79 Å². The normalized spacial score (nSPS) is 18.6. The van der Waals surface area contributed by atoms with Gasteiger partial charge < -0.3 is 39.0 Å². The summed E-state index contributed by atoms with van der Waals surface area (Å²) in [7, 11) is 0. The molecule has 0 aromatic rings. The molecule has 0 aliphatic carbocycles. The van der Waals surface area contributed by atoms with Crippen molar-refractivity contribution in [2.45, 2.75) is 276 Å². The standard InChI is InChI=1S/C69H110O12/c1-4-7-10-13-16-19-22-25-28-30-31-33-35-37-40-43-46-49-52-55-61(70)77-58-60(79-62(71)56-53-50-47-44-41-39-36-32-29-26-23-20-17-14-11-8-5-2)59-78-69-67(65(74)64(73)66(81-69)68(75)76)80-63(72)57-54-51-48-45-42-38-34-27-24-21-18-15-12-9-6-3/h7,9-10,12,16,18-19,21,25-29,31,33-34,42,45,51,54,60,64-67,69,73-74H,4-6,8,11,13-15,17,20,22-24,30,32,35-41,43-44,46-50,52-53,55-59H2,1-3H3,(H,75,76)/b10-7-,12-9-,19-16-,21-18-,28-25-,29-26-,33-31-,34-27-,45-42-,54-51-. The summed E-state index contributed by atoms with van der Waals surface area (Å²) in [4.78, 5) is 51.2. The van der Waals surface area contributed by atoms with Crippen LogP contribution in [0.2, 0.25) is 0 Å². The number of rotatable bonds is 52. The highest BCUT2D eigenvalue weighted by atomic mass is 16.7. The average Bonchev–Trinajstić information content (AvgIpc) is 3.53. The number of ether oxygens (including phenoxy) is 5. The fourth-order valence-electron chi connectivity index (χ4n) is 8.78. The highest BCUT2D eigenvalue weighted by Gasteiger charge is 2.50. The summed E-state index contributed by atoms with van der Waals surface area (Å²) in [6.45, 7) is 5.71. The second-order valence-corrected chi connectivity index (χ2v) is 20.9. The summed E-state index contributed by atoms with van der Waals surface area (Å²) in [5, 5.41) is 31.5. The summed E-state index contributed by atoms with van der Waals surface area (Å²) in [6, 6.07) is 0. The van der Waals surface area contributed by atoms with Crippen molar-refractivity contribution >= 4 is 23.9 Å². The van der Waals surface area contributed by atoms with Crippen molar-refractivity contribution < 1.29 is 58.2 Å². The van der Waals surface area contributed by atoms with E-state index < -0.39 is 67.3 Å². The Balaban J connectivity index is 2.73. The highest BCUT2D eigenvalue weighted by molar-refractivity contribution is 5.74. The van der Waals surface area contributed by atoms with Gasteiger partial charge in [0.25, 0.3) is 0 Å². The maximum atomic E-state index is 13.2. The average molecular weight is 1130 g/mol. The molecule has 1 heterocycles. The third-order valence-corrected chi connectivity index (χ3v) is 13.5. The molecule has 12 nitrogen and oxygen atoms in total. The van der Waals surface area contributed by atoms with Gasteiger partial charge in [0.1, 0.15) is 18.8 Å². The molecule has 6 atom stereocenters. The van der Waals surface area contributed by atoms with E-state index in [2.05, 4.69) is 118 Å². The van der Waals surface area contributed by atoms with Gasteiger partial charge in [-0.3, -0.25) is 14.4 Å². The van der Waals surface area contributed by atoms with E-state index in [0.717, 1.165) is 122 Å². The van der Waals surface area contributed by atoms with Crippen molar-refractivity contribution in [2.24, 2.45) is 0 Å². The van der Waals surface area contributed by atoms with E-state index in [4.69, 9.17) is 23.7 Å². The first-order valence-corrected chi connectivity index (χ1v) is 31.5. The Labute approximate surface area is 490 Å². The van der Waals surface area contributed by atoms with E-state index in [0.29, 0.717) is 19.3 Å². The number of carboxylic acids is 1. The van der Waals surface area contributed by atoms with Crippen LogP contribution < -0.4 is 0 Å². The van der Waals surface area contributed by atoms with Crippen LogP contribution in [0, 0.1) is 0 Å². The fourth-order valence-corrected chi connectivity index (χ4v) is 8.78. The molecule has 458 valence electrons. The van der Waals surface area contributed by atoms with E-state index in [9.17, 15) is 34.5 Å². The van der Waals surface area contributed by atoms with Crippen molar-refractivity contribution in [1.82, 2.24) is 0 Å². The smallest absolute Gasteiger partial charge is 0.335 e. The lowest BCUT2D eigenvalue weighted by Gasteiger charge is -2.40. The van der Waals surface area contributed by atoms with Gasteiger partial charge in [0.15, 0.2) is 24.6 Å². The van der Waals surface area contributed by atoms with Gasteiger partial charge in [-0.1, -0.05) is 232 Å². The Morgan fingerprint density at radius 1 is 0.432 bits per heavy atom. The zero-order valence-corrected chi connectivity index (χ0v) is 50.5. The molecule has 1 saturated heterocycles. The lowest BCUT2D eigenvalue weighted by molar-refractivity contribution is -0.301. The van der Waals surface area contributed by atoms with Crippen LogP contribution >= 0.6 is 0 Å². The lowest BCUT2D eigenvalue weighted by Crippen LogP contribution is -2.61. The zero-order valence-electron chi connectivity index (χ0n) is 50.5. The van der Waals surface area contributed by atoms with Crippen molar-refractivity contribution in [1.29, 1.82) is 0 Å². The predicted octanol–water partition coefficient (Wildman–Crippen LogP) is 16.8. The van der Waals surface area contributed by atoms with Crippen molar-refractivity contribution in [3.8, 4) is 0 Å². The van der Waals surface area contributed by atoms with Crippen LogP contribution in [-0.4, -0.2) is 89.2 Å². The molecule has 1 rings (SSSR count). The number of aliphatic carboxylic acids is 1. The van der Waals surface area contributed by atoms with E-state index in [1.165, 1.54) is 57.8 Å². The first-order chi connectivity index (χ1) is 39.6. The van der Waals surface area contributed by atoms with Crippen molar-refractivity contribution in [3.63, 3.8) is 0 Å². The Kier molecular flexibility index (Phi) is 50.9. The number of carboxylic acid groups (broad SMARTS) is 1. The van der Waals surface area contributed by atoms with Gasteiger partial charge in [-0.2, -0.15) is 0 Å². The van der Waals surface area contributed by atoms with Crippen LogP contribution in [-0.2, 0) is 42.9 Å². The van der Waals surface area contributed by atoms with Crippen LogP contribution in [0.5, 0.6) is 0 Å². The highest BCUT2D eigenvalue weighted by Crippen LogP contribution is 2.26. The molecule has 0 aromatic heterocycles. The monoisotopic (exact) mass is 1130 g/mol. The topological polar surface area (TPSA) is 175 Å². The first-order valence-electron chi connectivity index (χ1n) is 31.5. The summed E-state index contributed by atoms with van der Waals surface area (Å²) >= 11 is 0. The Hall–Kier alpha value is -4.88. The van der Waals surface area contributed by atoms with Gasteiger partial charge in [0, 0.05) is 12.8 Å². The van der Waals surface area contributed by atoms with E-state index >= 15 is 0 Å². The molecule has 0 amide bonds. The van der Waals surface area contributed by atoms with Crippen LogP contribution in [0.25, 0.3) is 0 Å². The maximum absolute atomic E-state index is 13.2. The second kappa shape index (κ2) is 55.6. The molecule has 1 aliphatic heterocycles. The first kappa shape index (κ1) is 74.1. The SMILES string of the molecule is CC/C=C\C/C=C\C/C=C\C/C=C\C/C=C\CC(=O)OC1C(OCC(COC(=O)CCCCCCCC/C=C\C/C=C\C/C=C\C/C=C\CC)OC(=O)CCCCCCCCC/C=C\CCCCCCCC)OC(C(=O)O)C(O)C1O. The molecule has 0 radical (unpaired) electrons. The Morgan fingerprint density at radius 3 is 1.26 bits per heavy atom. The van der Waals surface area contributed by atoms with Gasteiger partial charge in [-0.15, -0.1) is 0 Å². The minimum absolute atomic E-state index is 0.138. The molecular formula is C69H110O12. The number of hydrogen-bond donors (Lipinski definition) is 3. The van der Waals surface area contributed by atoms with Gasteiger partial charge in [-0.05, 0) is 109 Å². The summed E-state index contributed by atoms with van der Waals surface area (Å²) in [5.41, 5.74) is 0. The van der Waals surface area contributed by atoms with Gasteiger partial charge in [0.2, 0.25) is 0 Å². The van der Waals surface area contributed by atoms with Gasteiger partial charge >= 0.3 is 23.9 Å². The molecule has 0 aromatic carbocycles. The Morgan fingerprint density at radius 2 is 0.815 bits per heavy atom. The van der Waals surface area contributed by atoms with Crippen LogP contribution in [0.1, 0.15) is 239 Å². The van der Waals surface area contributed by atoms with Crippen LogP contribution in [0.3, 0.4) is 0 Å². The molecule has 3 N–H and O–H groups in total. The molecule has 12 heteroatoms. The lowest BCUT2D eigenvalue weighted by atomic mass is 9.98. The fraction of sp³-hybridized carbons (Fsp3) is 0.652. The number of carbonyl (C=O) groups is 4. The molecule has 1 aliphatic rings. The molecule has 1 fully saturated rings. The zero-order chi connectivity index (χ0) is 58.9. The number of carbonyl (C=O) groups excluding carboxylic acids is 3. The summed E-state index contributed by atoms with van der Waals surface area (Å²) in [6.07, 6.45) is 64.7. The molecule has 81 heavy (non-hydrogen) atoms. The van der Waals surface area contributed by atoms with Crippen LogP contribution in [0.15, 0.2) is 122 Å². The number of unbranched alkanes of at least 4 members (excludes halogenated alkanes) is 19. The number of esters is 3. The number of hydrogen-bond acceptors (Lipinski definition) is 11. The third kappa shape index (κ3) is 45.3. The largest absolute Gasteiger partial charge is 0.479 e. The summed E-state index contributed by atoms with van der Waals surface area (Å²) in [5.74, 6) is -3.31. The molecule has 0 spiro atoms. The van der Waals surface area contributed by atoms with E-state index in [-0.39, 0.29) is 25.9 Å². The number of allylic oxidation sites excluding steroid dienone is 19. The van der Waals surface area contributed by atoms with Crippen LogP contribution in [0.4, 0.5) is 0 Å². The maximum Gasteiger partial charge on any atom is 0.335 e. The van der Waals surface area contributed by atoms with Gasteiger partial charge in [0.05, 0.1) is 13.0 Å². The molecular weight excluding hydrogens is 1020 g/mol. The second-order valence-electron chi connectivity index (χ2n) is 20.9. The van der Waals surface area contributed by atoms with E-state index in [1.54, 1.807) is 12.2 Å². The van der Waals surface area contributed by atoms with E-state index in [1.807, 2.05) is 12.2 Å². The summed E-state index contributed by atoms with van der Waals surface area (Å²) < 4.78 is 28.4. The minimum atomic E-state index is -1.94. The number of aliphatic hydroxyl groups excluding tert-OH is 2.